The van der Waals surface area contributed by atoms with E-state index in [-0.39, 0.29) is 23.1 Å². The molecular formula is C29H39N3O3. The van der Waals surface area contributed by atoms with Crippen LogP contribution in [0.15, 0.2) is 48.5 Å². The van der Waals surface area contributed by atoms with Crippen LogP contribution in [0, 0.1) is 5.92 Å². The van der Waals surface area contributed by atoms with Crippen LogP contribution >= 0.6 is 0 Å². The molecule has 2 amide bonds. The van der Waals surface area contributed by atoms with Crippen LogP contribution in [-0.2, 0) is 10.2 Å². The summed E-state index contributed by atoms with van der Waals surface area (Å²) in [7, 11) is 1.63. The molecule has 4 rings (SSSR count). The average molecular weight is 478 g/mol. The van der Waals surface area contributed by atoms with Crippen LogP contribution in [-0.4, -0.2) is 60.9 Å². The number of piperidine rings is 2. The van der Waals surface area contributed by atoms with E-state index in [2.05, 4.69) is 43.1 Å². The summed E-state index contributed by atoms with van der Waals surface area (Å²) < 4.78 is 5.24. The molecule has 2 aromatic rings. The van der Waals surface area contributed by atoms with Crippen LogP contribution in [0.2, 0.25) is 0 Å². The summed E-state index contributed by atoms with van der Waals surface area (Å²) in [5.41, 5.74) is 2.89. The van der Waals surface area contributed by atoms with Gasteiger partial charge in [-0.15, -0.1) is 0 Å². The molecule has 2 aliphatic heterocycles. The van der Waals surface area contributed by atoms with Gasteiger partial charge in [0.05, 0.1) is 7.11 Å². The van der Waals surface area contributed by atoms with Crippen LogP contribution in [0.25, 0.3) is 0 Å². The first-order valence-corrected chi connectivity index (χ1v) is 12.8. The van der Waals surface area contributed by atoms with E-state index < -0.39 is 0 Å². The van der Waals surface area contributed by atoms with Gasteiger partial charge < -0.3 is 19.9 Å². The monoisotopic (exact) mass is 477 g/mol. The minimum Gasteiger partial charge on any atom is -0.497 e. The Morgan fingerprint density at radius 3 is 2.17 bits per heavy atom. The standard InChI is InChI=1S/C29H39N3O3/c1-29(2,3)23-10-8-22(9-11-23)28(34)32-18-14-25(15-19-32)31-16-12-21(13-17-31)27(33)30-24-6-5-7-26(20-24)35-4/h5-11,20-21,25H,12-19H2,1-4H3,(H,30,33). The maximum Gasteiger partial charge on any atom is 0.253 e. The van der Waals surface area contributed by atoms with Gasteiger partial charge in [-0.2, -0.15) is 0 Å². The molecule has 0 aliphatic carbocycles. The third-order valence-electron chi connectivity index (χ3n) is 7.50. The molecule has 0 bridgehead atoms. The van der Waals surface area contributed by atoms with Crippen molar-refractivity contribution < 1.29 is 14.3 Å². The fourth-order valence-electron chi connectivity index (χ4n) is 5.20. The summed E-state index contributed by atoms with van der Waals surface area (Å²) in [5.74, 6) is 1.01. The van der Waals surface area contributed by atoms with E-state index in [1.165, 1.54) is 5.56 Å². The van der Waals surface area contributed by atoms with Gasteiger partial charge in [-0.3, -0.25) is 9.59 Å². The Morgan fingerprint density at radius 2 is 1.57 bits per heavy atom. The van der Waals surface area contributed by atoms with Crippen molar-refractivity contribution in [3.05, 3.63) is 59.7 Å². The largest absolute Gasteiger partial charge is 0.497 e. The first kappa shape index (κ1) is 25.2. The fraction of sp³-hybridized carbons (Fsp3) is 0.517. The van der Waals surface area contributed by atoms with E-state index in [1.807, 2.05) is 41.3 Å². The highest BCUT2D eigenvalue weighted by Crippen LogP contribution is 2.27. The van der Waals surface area contributed by atoms with Crippen LogP contribution in [0.4, 0.5) is 5.69 Å². The summed E-state index contributed by atoms with van der Waals surface area (Å²) in [5, 5.41) is 3.04. The third kappa shape index (κ3) is 6.23. The molecule has 2 aliphatic rings. The molecular weight excluding hydrogens is 438 g/mol. The van der Waals surface area contributed by atoms with E-state index in [0.717, 1.165) is 68.9 Å². The van der Waals surface area contributed by atoms with Crippen molar-refractivity contribution in [3.63, 3.8) is 0 Å². The van der Waals surface area contributed by atoms with Gasteiger partial charge in [0.15, 0.2) is 0 Å². The summed E-state index contributed by atoms with van der Waals surface area (Å²) in [4.78, 5) is 30.3. The lowest BCUT2D eigenvalue weighted by Gasteiger charge is -2.41. The lowest BCUT2D eigenvalue weighted by Crippen LogP contribution is -2.49. The Kier molecular flexibility index (Phi) is 7.80. The predicted octanol–water partition coefficient (Wildman–Crippen LogP) is 4.95. The molecule has 0 saturated carbocycles. The SMILES string of the molecule is COc1cccc(NC(=O)C2CCN(C3CCN(C(=O)c4ccc(C(C)(C)C)cc4)CC3)CC2)c1. The number of likely N-dealkylation sites (tertiary alicyclic amines) is 2. The molecule has 0 radical (unpaired) electrons. The zero-order chi connectivity index (χ0) is 25.0. The molecule has 0 aromatic heterocycles. The fourth-order valence-corrected chi connectivity index (χ4v) is 5.20. The number of methoxy groups -OCH3 is 1. The number of amides is 2. The molecule has 6 heteroatoms. The molecule has 2 saturated heterocycles. The molecule has 6 nitrogen and oxygen atoms in total. The summed E-state index contributed by atoms with van der Waals surface area (Å²) in [6.07, 6.45) is 3.73. The van der Waals surface area contributed by atoms with Crippen molar-refractivity contribution in [2.24, 2.45) is 5.92 Å². The number of hydrogen-bond donors (Lipinski definition) is 1. The van der Waals surface area contributed by atoms with Crippen molar-refractivity contribution in [1.82, 2.24) is 9.80 Å². The smallest absolute Gasteiger partial charge is 0.253 e. The molecule has 0 spiro atoms. The number of hydrogen-bond acceptors (Lipinski definition) is 4. The topological polar surface area (TPSA) is 61.9 Å². The number of nitrogens with one attached hydrogen (secondary N) is 1. The zero-order valence-corrected chi connectivity index (χ0v) is 21.5. The molecule has 0 unspecified atom stereocenters. The number of nitrogens with zero attached hydrogens (tertiary/aromatic N) is 2. The van der Waals surface area contributed by atoms with E-state index >= 15 is 0 Å². The first-order valence-electron chi connectivity index (χ1n) is 12.8. The van der Waals surface area contributed by atoms with Gasteiger partial charge in [0.1, 0.15) is 5.75 Å². The van der Waals surface area contributed by atoms with Crippen molar-refractivity contribution in [1.29, 1.82) is 0 Å². The van der Waals surface area contributed by atoms with Gasteiger partial charge in [-0.05, 0) is 74.0 Å². The predicted molar refractivity (Wildman–Crippen MR) is 140 cm³/mol. The van der Waals surface area contributed by atoms with Gasteiger partial charge in [0.25, 0.3) is 5.91 Å². The highest BCUT2D eigenvalue weighted by molar-refractivity contribution is 5.94. The summed E-state index contributed by atoms with van der Waals surface area (Å²) in [6, 6.07) is 16.1. The second kappa shape index (κ2) is 10.8. The van der Waals surface area contributed by atoms with E-state index in [4.69, 9.17) is 4.74 Å². The zero-order valence-electron chi connectivity index (χ0n) is 21.5. The number of anilines is 1. The van der Waals surface area contributed by atoms with Gasteiger partial charge in [0, 0.05) is 42.4 Å². The first-order chi connectivity index (χ1) is 16.7. The van der Waals surface area contributed by atoms with E-state index in [1.54, 1.807) is 7.11 Å². The second-order valence-corrected chi connectivity index (χ2v) is 10.9. The maximum absolute atomic E-state index is 13.0. The quantitative estimate of drug-likeness (QED) is 0.662. The van der Waals surface area contributed by atoms with Gasteiger partial charge in [0.2, 0.25) is 5.91 Å². The lowest BCUT2D eigenvalue weighted by molar-refractivity contribution is -0.121. The molecule has 35 heavy (non-hydrogen) atoms. The van der Waals surface area contributed by atoms with Crippen molar-refractivity contribution in [2.45, 2.75) is 57.9 Å². The van der Waals surface area contributed by atoms with E-state index in [9.17, 15) is 9.59 Å². The Labute approximate surface area is 209 Å². The van der Waals surface area contributed by atoms with Crippen molar-refractivity contribution in [3.8, 4) is 5.75 Å². The van der Waals surface area contributed by atoms with Crippen molar-refractivity contribution in [2.75, 3.05) is 38.6 Å². The Bertz CT molecular complexity index is 1010. The normalized spacial score (nSPS) is 18.3. The molecule has 188 valence electrons. The Morgan fingerprint density at radius 1 is 0.914 bits per heavy atom. The molecule has 2 heterocycles. The third-order valence-corrected chi connectivity index (χ3v) is 7.50. The summed E-state index contributed by atoms with van der Waals surface area (Å²) >= 11 is 0. The molecule has 2 fully saturated rings. The highest BCUT2D eigenvalue weighted by atomic mass is 16.5. The molecule has 1 N–H and O–H groups in total. The summed E-state index contributed by atoms with van der Waals surface area (Å²) in [6.45, 7) is 10.0. The Hall–Kier alpha value is -2.86. The molecule has 2 aromatic carbocycles. The minimum atomic E-state index is 0.0372. The van der Waals surface area contributed by atoms with Gasteiger partial charge in [-0.1, -0.05) is 39.0 Å². The van der Waals surface area contributed by atoms with Crippen LogP contribution in [0.1, 0.15) is 62.4 Å². The lowest BCUT2D eigenvalue weighted by atomic mass is 9.86. The number of carbonyl (C=O) groups excluding carboxylic acids is 2. The van der Waals surface area contributed by atoms with Gasteiger partial charge in [-0.25, -0.2) is 0 Å². The van der Waals surface area contributed by atoms with Crippen molar-refractivity contribution >= 4 is 17.5 Å². The van der Waals surface area contributed by atoms with Crippen LogP contribution in [0.3, 0.4) is 0 Å². The highest BCUT2D eigenvalue weighted by Gasteiger charge is 2.32. The molecule has 0 atom stereocenters. The van der Waals surface area contributed by atoms with E-state index in [0.29, 0.717) is 6.04 Å². The number of benzene rings is 2. The Balaban J connectivity index is 1.23. The maximum atomic E-state index is 13.0. The number of ether oxygens (including phenoxy) is 1. The van der Waals surface area contributed by atoms with Crippen LogP contribution in [0.5, 0.6) is 5.75 Å². The van der Waals surface area contributed by atoms with Crippen LogP contribution < -0.4 is 10.1 Å². The average Bonchev–Trinajstić information content (AvgIpc) is 2.88. The number of rotatable bonds is 5. The van der Waals surface area contributed by atoms with Gasteiger partial charge >= 0.3 is 0 Å². The second-order valence-electron chi connectivity index (χ2n) is 10.9. The minimum absolute atomic E-state index is 0.0372. The number of carbonyl (C=O) groups is 2.